The summed E-state index contributed by atoms with van der Waals surface area (Å²) in [6, 6.07) is 7.44. The third-order valence-electron chi connectivity index (χ3n) is 3.60. The maximum absolute atomic E-state index is 11.5. The van der Waals surface area contributed by atoms with E-state index in [0.717, 1.165) is 24.8 Å². The third kappa shape index (κ3) is 2.87. The first-order valence-corrected chi connectivity index (χ1v) is 6.35. The Labute approximate surface area is 112 Å². The molecule has 4 nitrogen and oxygen atoms in total. The summed E-state index contributed by atoms with van der Waals surface area (Å²) in [5, 5.41) is 8.93. The number of methoxy groups -OCH3 is 1. The average Bonchev–Trinajstić information content (AvgIpc) is 2.38. The molecule has 0 amide bonds. The summed E-state index contributed by atoms with van der Waals surface area (Å²) >= 11 is 0. The van der Waals surface area contributed by atoms with Crippen molar-refractivity contribution in [3.05, 3.63) is 29.3 Å². The van der Waals surface area contributed by atoms with Gasteiger partial charge in [-0.1, -0.05) is 6.07 Å². The van der Waals surface area contributed by atoms with Crippen LogP contribution in [0.2, 0.25) is 0 Å². The largest absolute Gasteiger partial charge is 0.486 e. The molecule has 100 valence electrons. The summed E-state index contributed by atoms with van der Waals surface area (Å²) in [5.74, 6) is 0.427. The van der Waals surface area contributed by atoms with E-state index in [1.165, 1.54) is 7.11 Å². The van der Waals surface area contributed by atoms with Crippen LogP contribution in [0.1, 0.15) is 36.8 Å². The molecule has 19 heavy (non-hydrogen) atoms. The molecular weight excluding hydrogens is 242 g/mol. The van der Waals surface area contributed by atoms with Gasteiger partial charge in [-0.25, -0.2) is 0 Å². The number of carbonyl (C=O) groups is 1. The van der Waals surface area contributed by atoms with E-state index in [2.05, 4.69) is 6.07 Å². The second kappa shape index (κ2) is 5.31. The van der Waals surface area contributed by atoms with Gasteiger partial charge in [0.1, 0.15) is 11.4 Å². The Balaban J connectivity index is 2.19. The number of nitriles is 1. The summed E-state index contributed by atoms with van der Waals surface area (Å²) < 4.78 is 10.8. The number of benzene rings is 1. The topological polar surface area (TPSA) is 59.3 Å². The molecule has 1 saturated carbocycles. The highest BCUT2D eigenvalue weighted by Crippen LogP contribution is 2.40. The predicted octanol–water partition coefficient (Wildman–Crippen LogP) is 2.73. The maximum Gasteiger partial charge on any atom is 0.309 e. The predicted molar refractivity (Wildman–Crippen MR) is 69.7 cm³/mol. The van der Waals surface area contributed by atoms with Crippen molar-refractivity contribution in [2.45, 2.75) is 38.2 Å². The van der Waals surface area contributed by atoms with E-state index < -0.39 is 5.60 Å². The molecule has 0 aliphatic heterocycles. The Bertz CT molecular complexity index is 527. The third-order valence-corrected chi connectivity index (χ3v) is 3.60. The molecule has 1 aromatic rings. The lowest BCUT2D eigenvalue weighted by Gasteiger charge is -2.41. The fourth-order valence-corrected chi connectivity index (χ4v) is 2.23. The van der Waals surface area contributed by atoms with Crippen LogP contribution in [0.4, 0.5) is 0 Å². The standard InChI is InChI=1S/C15H17NO3/c1-11-4-5-12(10-16)8-13(11)19-15(6-3-7-15)9-14(17)18-2/h4-5,8H,3,6-7,9H2,1-2H3. The first kappa shape index (κ1) is 13.4. The van der Waals surface area contributed by atoms with Gasteiger partial charge in [0, 0.05) is 0 Å². The van der Waals surface area contributed by atoms with E-state index in [0.29, 0.717) is 11.3 Å². The highest BCUT2D eigenvalue weighted by molar-refractivity contribution is 5.70. The Morgan fingerprint density at radius 1 is 1.47 bits per heavy atom. The smallest absolute Gasteiger partial charge is 0.309 e. The molecule has 1 aliphatic rings. The second-order valence-electron chi connectivity index (χ2n) is 4.98. The van der Waals surface area contributed by atoms with Crippen LogP contribution in [-0.4, -0.2) is 18.7 Å². The average molecular weight is 259 g/mol. The Morgan fingerprint density at radius 3 is 2.74 bits per heavy atom. The van der Waals surface area contributed by atoms with E-state index in [4.69, 9.17) is 14.7 Å². The molecular formula is C15H17NO3. The van der Waals surface area contributed by atoms with Gasteiger partial charge in [-0.05, 0) is 43.9 Å². The van der Waals surface area contributed by atoms with Crippen molar-refractivity contribution in [3.63, 3.8) is 0 Å². The van der Waals surface area contributed by atoms with Gasteiger partial charge in [-0.2, -0.15) is 5.26 Å². The Morgan fingerprint density at radius 2 is 2.21 bits per heavy atom. The van der Waals surface area contributed by atoms with E-state index >= 15 is 0 Å². The molecule has 0 aromatic heterocycles. The van der Waals surface area contributed by atoms with E-state index in [9.17, 15) is 4.79 Å². The molecule has 1 fully saturated rings. The van der Waals surface area contributed by atoms with Crippen molar-refractivity contribution in [2.75, 3.05) is 7.11 Å². The molecule has 0 spiro atoms. The first-order chi connectivity index (χ1) is 9.08. The van der Waals surface area contributed by atoms with Gasteiger partial charge in [-0.3, -0.25) is 4.79 Å². The lowest BCUT2D eigenvalue weighted by molar-refractivity contribution is -0.148. The van der Waals surface area contributed by atoms with Crippen LogP contribution in [0.15, 0.2) is 18.2 Å². The SMILES string of the molecule is COC(=O)CC1(Oc2cc(C#N)ccc2C)CCC1. The lowest BCUT2D eigenvalue weighted by Crippen LogP contribution is -2.45. The fraction of sp³-hybridized carbons (Fsp3) is 0.467. The van der Waals surface area contributed by atoms with Crippen molar-refractivity contribution < 1.29 is 14.3 Å². The highest BCUT2D eigenvalue weighted by Gasteiger charge is 2.42. The van der Waals surface area contributed by atoms with E-state index in [1.54, 1.807) is 12.1 Å². The van der Waals surface area contributed by atoms with Gasteiger partial charge in [0.2, 0.25) is 0 Å². The minimum Gasteiger partial charge on any atom is -0.486 e. The van der Waals surface area contributed by atoms with Crippen LogP contribution in [0.3, 0.4) is 0 Å². The van der Waals surface area contributed by atoms with Gasteiger partial charge in [0.15, 0.2) is 0 Å². The number of nitrogens with zero attached hydrogens (tertiary/aromatic N) is 1. The van der Waals surface area contributed by atoms with Gasteiger partial charge in [-0.15, -0.1) is 0 Å². The number of carbonyl (C=O) groups excluding carboxylic acids is 1. The Hall–Kier alpha value is -2.02. The number of hydrogen-bond donors (Lipinski definition) is 0. The minimum absolute atomic E-state index is 0.256. The summed E-state index contributed by atoms with van der Waals surface area (Å²) in [7, 11) is 1.39. The molecule has 2 rings (SSSR count). The number of esters is 1. The number of aryl methyl sites for hydroxylation is 1. The summed E-state index contributed by atoms with van der Waals surface area (Å²) in [6.45, 7) is 1.93. The summed E-state index contributed by atoms with van der Waals surface area (Å²) in [5.41, 5.74) is 1.08. The zero-order chi connectivity index (χ0) is 13.9. The highest BCUT2D eigenvalue weighted by atomic mass is 16.5. The van der Waals surface area contributed by atoms with Crippen molar-refractivity contribution in [3.8, 4) is 11.8 Å². The van der Waals surface area contributed by atoms with Crippen LogP contribution < -0.4 is 4.74 Å². The molecule has 0 unspecified atom stereocenters. The van der Waals surface area contributed by atoms with Crippen LogP contribution in [0, 0.1) is 18.3 Å². The fourth-order valence-electron chi connectivity index (χ4n) is 2.23. The zero-order valence-corrected chi connectivity index (χ0v) is 11.2. The van der Waals surface area contributed by atoms with Gasteiger partial charge in [0.05, 0.1) is 25.2 Å². The molecule has 1 aliphatic carbocycles. The molecule has 0 saturated heterocycles. The van der Waals surface area contributed by atoms with E-state index in [-0.39, 0.29) is 12.4 Å². The maximum atomic E-state index is 11.5. The van der Waals surface area contributed by atoms with Crippen LogP contribution in [0.5, 0.6) is 5.75 Å². The lowest BCUT2D eigenvalue weighted by atomic mass is 9.77. The second-order valence-corrected chi connectivity index (χ2v) is 4.98. The normalized spacial score (nSPS) is 16.1. The molecule has 1 aromatic carbocycles. The van der Waals surface area contributed by atoms with Crippen molar-refractivity contribution in [1.82, 2.24) is 0 Å². The van der Waals surface area contributed by atoms with Crippen molar-refractivity contribution in [2.24, 2.45) is 0 Å². The first-order valence-electron chi connectivity index (χ1n) is 6.35. The number of ether oxygens (including phenoxy) is 2. The quantitative estimate of drug-likeness (QED) is 0.780. The molecule has 4 heteroatoms. The number of rotatable bonds is 4. The summed E-state index contributed by atoms with van der Waals surface area (Å²) in [6.07, 6.45) is 3.00. The van der Waals surface area contributed by atoms with Gasteiger partial charge >= 0.3 is 5.97 Å². The zero-order valence-electron chi connectivity index (χ0n) is 11.2. The molecule has 0 heterocycles. The molecule has 0 radical (unpaired) electrons. The van der Waals surface area contributed by atoms with Crippen LogP contribution in [0.25, 0.3) is 0 Å². The minimum atomic E-state index is -0.452. The van der Waals surface area contributed by atoms with Crippen LogP contribution >= 0.6 is 0 Å². The Kier molecular flexibility index (Phi) is 3.75. The summed E-state index contributed by atoms with van der Waals surface area (Å²) in [4.78, 5) is 11.5. The van der Waals surface area contributed by atoms with Crippen molar-refractivity contribution >= 4 is 5.97 Å². The van der Waals surface area contributed by atoms with E-state index in [1.807, 2.05) is 13.0 Å². The molecule has 0 atom stereocenters. The van der Waals surface area contributed by atoms with Crippen molar-refractivity contribution in [1.29, 1.82) is 5.26 Å². The monoisotopic (exact) mass is 259 g/mol. The molecule has 0 N–H and O–H groups in total. The molecule has 0 bridgehead atoms. The van der Waals surface area contributed by atoms with Crippen LogP contribution in [-0.2, 0) is 9.53 Å². The van der Waals surface area contributed by atoms with Gasteiger partial charge < -0.3 is 9.47 Å². The van der Waals surface area contributed by atoms with Gasteiger partial charge in [0.25, 0.3) is 0 Å². The number of hydrogen-bond acceptors (Lipinski definition) is 4.